The summed E-state index contributed by atoms with van der Waals surface area (Å²) < 4.78 is 0. The monoisotopic (exact) mass is 398 g/mol. The first-order valence-electron chi connectivity index (χ1n) is 10.5. The number of rotatable bonds is 7. The number of piperazine rings is 1. The van der Waals surface area contributed by atoms with Gasteiger partial charge in [-0.15, -0.1) is 0 Å². The first-order chi connectivity index (χ1) is 14.7. The van der Waals surface area contributed by atoms with Gasteiger partial charge in [-0.1, -0.05) is 91.5 Å². The van der Waals surface area contributed by atoms with E-state index in [4.69, 9.17) is 0 Å². The van der Waals surface area contributed by atoms with Crippen molar-refractivity contribution in [2.24, 2.45) is 0 Å². The Kier molecular flexibility index (Phi) is 7.99. The number of carbonyl (C=O) groups excluding carboxylic acids is 1. The average Bonchev–Trinajstić information content (AvgIpc) is 2.81. The second kappa shape index (κ2) is 11.1. The predicted molar refractivity (Wildman–Crippen MR) is 126 cm³/mol. The summed E-state index contributed by atoms with van der Waals surface area (Å²) in [6.45, 7) is 9.00. The van der Waals surface area contributed by atoms with E-state index in [-0.39, 0.29) is 11.9 Å². The topological polar surface area (TPSA) is 23.6 Å². The molecular formula is C27H30N2O. The summed E-state index contributed by atoms with van der Waals surface area (Å²) in [6, 6.07) is 20.7. The minimum atomic E-state index is 0.0765. The molecule has 1 saturated heterocycles. The predicted octanol–water partition coefficient (Wildman–Crippen LogP) is 5.27. The van der Waals surface area contributed by atoms with E-state index in [1.165, 1.54) is 11.1 Å². The van der Waals surface area contributed by atoms with E-state index < -0.39 is 0 Å². The molecule has 0 saturated carbocycles. The van der Waals surface area contributed by atoms with Crippen molar-refractivity contribution >= 4 is 12.0 Å². The molecule has 1 fully saturated rings. The molecule has 1 aliphatic heterocycles. The van der Waals surface area contributed by atoms with Crippen LogP contribution in [0.15, 0.2) is 103 Å². The van der Waals surface area contributed by atoms with Gasteiger partial charge < -0.3 is 4.90 Å². The fraction of sp³-hybridized carbons (Fsp3) is 0.222. The van der Waals surface area contributed by atoms with Crippen LogP contribution in [-0.4, -0.2) is 41.9 Å². The van der Waals surface area contributed by atoms with Crippen molar-refractivity contribution in [2.45, 2.75) is 13.0 Å². The molecule has 30 heavy (non-hydrogen) atoms. The molecule has 2 aromatic rings. The van der Waals surface area contributed by atoms with Gasteiger partial charge in [0.25, 0.3) is 0 Å². The molecule has 1 aliphatic rings. The molecule has 3 rings (SSSR count). The number of hydrogen-bond donors (Lipinski definition) is 0. The number of amides is 1. The van der Waals surface area contributed by atoms with E-state index in [1.807, 2.05) is 53.5 Å². The minimum absolute atomic E-state index is 0.0765. The maximum Gasteiger partial charge on any atom is 0.246 e. The molecule has 0 aromatic heterocycles. The third-order valence-electron chi connectivity index (χ3n) is 5.40. The Morgan fingerprint density at radius 2 is 1.57 bits per heavy atom. The van der Waals surface area contributed by atoms with E-state index in [2.05, 4.69) is 54.8 Å². The third kappa shape index (κ3) is 5.68. The maximum absolute atomic E-state index is 12.6. The van der Waals surface area contributed by atoms with Crippen LogP contribution in [-0.2, 0) is 4.79 Å². The van der Waals surface area contributed by atoms with Gasteiger partial charge in [-0.3, -0.25) is 9.69 Å². The number of benzene rings is 2. The lowest BCUT2D eigenvalue weighted by Gasteiger charge is -2.40. The molecule has 3 heteroatoms. The first kappa shape index (κ1) is 21.5. The molecule has 0 aliphatic carbocycles. The van der Waals surface area contributed by atoms with Gasteiger partial charge in [0.1, 0.15) is 0 Å². The molecule has 0 N–H and O–H groups in total. The third-order valence-corrected chi connectivity index (χ3v) is 5.40. The quantitative estimate of drug-likeness (QED) is 0.468. The van der Waals surface area contributed by atoms with Gasteiger partial charge in [0.15, 0.2) is 0 Å². The lowest BCUT2D eigenvalue weighted by atomic mass is 9.95. The second-order valence-corrected chi connectivity index (χ2v) is 7.30. The van der Waals surface area contributed by atoms with Crippen molar-refractivity contribution in [1.82, 2.24) is 9.80 Å². The zero-order valence-corrected chi connectivity index (χ0v) is 17.7. The highest BCUT2D eigenvalue weighted by Crippen LogP contribution is 2.30. The average molecular weight is 399 g/mol. The lowest BCUT2D eigenvalue weighted by molar-refractivity contribution is -0.127. The standard InChI is InChI=1S/C27H30N2O/c1-3-5-14-24(4-2)27(25-15-10-7-11-16-25)29-21-19-28(20-22-29)26(30)18-17-23-12-8-6-9-13-23/h3-18,27H,1,19-22H2,2H3/b14-5-,18-17+,24-4+. The van der Waals surface area contributed by atoms with E-state index in [0.29, 0.717) is 0 Å². The molecule has 1 atom stereocenters. The van der Waals surface area contributed by atoms with Gasteiger partial charge in [-0.25, -0.2) is 0 Å². The van der Waals surface area contributed by atoms with Crippen molar-refractivity contribution in [3.8, 4) is 0 Å². The summed E-state index contributed by atoms with van der Waals surface area (Å²) in [5.41, 5.74) is 3.55. The lowest BCUT2D eigenvalue weighted by Crippen LogP contribution is -2.49. The molecule has 0 radical (unpaired) electrons. The number of allylic oxidation sites excluding steroid dienone is 3. The number of hydrogen-bond acceptors (Lipinski definition) is 2. The van der Waals surface area contributed by atoms with E-state index in [0.717, 1.165) is 31.7 Å². The van der Waals surface area contributed by atoms with Crippen LogP contribution in [0.5, 0.6) is 0 Å². The molecule has 1 amide bonds. The molecule has 3 nitrogen and oxygen atoms in total. The van der Waals surface area contributed by atoms with Crippen LogP contribution in [0.25, 0.3) is 6.08 Å². The SMILES string of the molecule is C=C/C=C\C(=C/C)C(c1ccccc1)N1CCN(C(=O)/C=C/c2ccccc2)CC1. The van der Waals surface area contributed by atoms with Gasteiger partial charge in [-0.2, -0.15) is 0 Å². The molecule has 0 bridgehead atoms. The summed E-state index contributed by atoms with van der Waals surface area (Å²) in [7, 11) is 0. The highest BCUT2D eigenvalue weighted by molar-refractivity contribution is 5.91. The Labute approximate surface area is 180 Å². The van der Waals surface area contributed by atoms with Crippen LogP contribution in [0.1, 0.15) is 24.1 Å². The van der Waals surface area contributed by atoms with E-state index in [9.17, 15) is 4.79 Å². The normalized spacial score (nSPS) is 16.8. The van der Waals surface area contributed by atoms with E-state index >= 15 is 0 Å². The van der Waals surface area contributed by atoms with Crippen molar-refractivity contribution in [1.29, 1.82) is 0 Å². The summed E-state index contributed by atoms with van der Waals surface area (Å²) in [6.07, 6.45) is 11.7. The fourth-order valence-corrected chi connectivity index (χ4v) is 3.81. The van der Waals surface area contributed by atoms with Crippen LogP contribution < -0.4 is 0 Å². The summed E-state index contributed by atoms with van der Waals surface area (Å²) >= 11 is 0. The van der Waals surface area contributed by atoms with Gasteiger partial charge in [0.2, 0.25) is 5.91 Å². The molecule has 2 aromatic carbocycles. The Morgan fingerprint density at radius 3 is 2.17 bits per heavy atom. The van der Waals surface area contributed by atoms with E-state index in [1.54, 1.807) is 12.2 Å². The summed E-state index contributed by atoms with van der Waals surface area (Å²) in [4.78, 5) is 17.0. The first-order valence-corrected chi connectivity index (χ1v) is 10.5. The van der Waals surface area contributed by atoms with Crippen molar-refractivity contribution in [3.05, 3.63) is 114 Å². The Bertz CT molecular complexity index is 904. The van der Waals surface area contributed by atoms with Gasteiger partial charge >= 0.3 is 0 Å². The molecule has 154 valence electrons. The van der Waals surface area contributed by atoms with Gasteiger partial charge in [0.05, 0.1) is 6.04 Å². The summed E-state index contributed by atoms with van der Waals surface area (Å²) in [5.74, 6) is 0.0765. The molecular weight excluding hydrogens is 368 g/mol. The van der Waals surface area contributed by atoms with Gasteiger partial charge in [0, 0.05) is 32.3 Å². The highest BCUT2D eigenvalue weighted by atomic mass is 16.2. The molecule has 0 spiro atoms. The maximum atomic E-state index is 12.6. The summed E-state index contributed by atoms with van der Waals surface area (Å²) in [5, 5.41) is 0. The van der Waals surface area contributed by atoms with Crippen LogP contribution >= 0.6 is 0 Å². The van der Waals surface area contributed by atoms with Crippen LogP contribution in [0, 0.1) is 0 Å². The van der Waals surface area contributed by atoms with Gasteiger partial charge in [-0.05, 0) is 29.7 Å². The largest absolute Gasteiger partial charge is 0.337 e. The number of carbonyl (C=O) groups is 1. The molecule has 1 heterocycles. The molecule has 1 unspecified atom stereocenters. The Balaban J connectivity index is 1.70. The zero-order chi connectivity index (χ0) is 21.2. The van der Waals surface area contributed by atoms with Crippen molar-refractivity contribution in [2.75, 3.05) is 26.2 Å². The minimum Gasteiger partial charge on any atom is -0.337 e. The zero-order valence-electron chi connectivity index (χ0n) is 17.7. The highest BCUT2D eigenvalue weighted by Gasteiger charge is 2.27. The Morgan fingerprint density at radius 1 is 0.933 bits per heavy atom. The van der Waals surface area contributed by atoms with Crippen LogP contribution in [0.3, 0.4) is 0 Å². The Hall–Kier alpha value is -3.17. The van der Waals surface area contributed by atoms with Crippen molar-refractivity contribution < 1.29 is 4.79 Å². The van der Waals surface area contributed by atoms with Crippen molar-refractivity contribution in [3.63, 3.8) is 0 Å². The fourth-order valence-electron chi connectivity index (χ4n) is 3.81. The van der Waals surface area contributed by atoms with Crippen LogP contribution in [0.4, 0.5) is 0 Å². The smallest absolute Gasteiger partial charge is 0.246 e. The second-order valence-electron chi connectivity index (χ2n) is 7.30. The number of nitrogens with zero attached hydrogens (tertiary/aromatic N) is 2. The van der Waals surface area contributed by atoms with Crippen LogP contribution in [0.2, 0.25) is 0 Å².